The molecule has 0 spiro atoms. The van der Waals surface area contributed by atoms with Crippen molar-refractivity contribution in [1.29, 1.82) is 0 Å². The third-order valence-electron chi connectivity index (χ3n) is 3.42. The third-order valence-corrected chi connectivity index (χ3v) is 3.42. The van der Waals surface area contributed by atoms with E-state index in [9.17, 15) is 14.4 Å². The Morgan fingerprint density at radius 3 is 2.86 bits per heavy atom. The molecular formula is C16H19N3O3. The molecule has 0 aromatic heterocycles. The Hall–Kier alpha value is -2.63. The van der Waals surface area contributed by atoms with E-state index in [4.69, 9.17) is 0 Å². The van der Waals surface area contributed by atoms with Crippen LogP contribution in [-0.4, -0.2) is 30.3 Å². The van der Waals surface area contributed by atoms with Crippen molar-refractivity contribution in [2.75, 3.05) is 11.9 Å². The molecule has 0 saturated carbocycles. The molecule has 1 aliphatic heterocycles. The summed E-state index contributed by atoms with van der Waals surface area (Å²) in [7, 11) is 0. The van der Waals surface area contributed by atoms with Crippen molar-refractivity contribution < 1.29 is 14.4 Å². The first-order chi connectivity index (χ1) is 10.6. The van der Waals surface area contributed by atoms with E-state index in [1.165, 1.54) is 6.08 Å². The fourth-order valence-electron chi connectivity index (χ4n) is 2.34. The van der Waals surface area contributed by atoms with Gasteiger partial charge in [0.05, 0.1) is 6.42 Å². The van der Waals surface area contributed by atoms with Crippen LogP contribution in [-0.2, 0) is 20.8 Å². The van der Waals surface area contributed by atoms with Gasteiger partial charge >= 0.3 is 0 Å². The molecule has 3 amide bonds. The van der Waals surface area contributed by atoms with E-state index in [0.717, 1.165) is 12.0 Å². The van der Waals surface area contributed by atoms with Crippen molar-refractivity contribution in [3.63, 3.8) is 0 Å². The van der Waals surface area contributed by atoms with Gasteiger partial charge in [-0.05, 0) is 24.1 Å². The standard InChI is InChI=1S/C16H19N3O3/c1-2-14(20)19-13-6-4-3-5-11(13)9-16(22)18-12-7-8-17-15(21)10-12/h2-6,12H,1,7-10H2,(H,17,21)(H,18,22)(H,19,20). The Balaban J connectivity index is 1.97. The molecule has 6 nitrogen and oxygen atoms in total. The van der Waals surface area contributed by atoms with Crippen LogP contribution in [0, 0.1) is 0 Å². The van der Waals surface area contributed by atoms with Gasteiger partial charge in [-0.25, -0.2) is 0 Å². The second-order valence-electron chi connectivity index (χ2n) is 5.13. The van der Waals surface area contributed by atoms with Crippen LogP contribution in [0.15, 0.2) is 36.9 Å². The Bertz CT molecular complexity index is 598. The third kappa shape index (κ3) is 4.44. The number of anilines is 1. The summed E-state index contributed by atoms with van der Waals surface area (Å²) in [6.07, 6.45) is 2.36. The minimum absolute atomic E-state index is 0.0461. The maximum absolute atomic E-state index is 12.1. The van der Waals surface area contributed by atoms with Crippen molar-refractivity contribution in [3.05, 3.63) is 42.5 Å². The number of benzene rings is 1. The minimum Gasteiger partial charge on any atom is -0.356 e. The quantitative estimate of drug-likeness (QED) is 0.701. The molecule has 1 heterocycles. The molecule has 1 aromatic rings. The topological polar surface area (TPSA) is 87.3 Å². The van der Waals surface area contributed by atoms with Gasteiger partial charge in [0.15, 0.2) is 0 Å². The smallest absolute Gasteiger partial charge is 0.247 e. The van der Waals surface area contributed by atoms with Crippen molar-refractivity contribution in [3.8, 4) is 0 Å². The first-order valence-electron chi connectivity index (χ1n) is 7.16. The molecule has 6 heteroatoms. The van der Waals surface area contributed by atoms with Gasteiger partial charge in [0.25, 0.3) is 0 Å². The predicted octanol–water partition coefficient (Wildman–Crippen LogP) is 0.748. The average molecular weight is 301 g/mol. The summed E-state index contributed by atoms with van der Waals surface area (Å²) in [6, 6.07) is 6.98. The Labute approximate surface area is 129 Å². The van der Waals surface area contributed by atoms with Crippen molar-refractivity contribution in [2.24, 2.45) is 0 Å². The van der Waals surface area contributed by atoms with Crippen LogP contribution < -0.4 is 16.0 Å². The van der Waals surface area contributed by atoms with E-state index in [1.807, 2.05) is 0 Å². The van der Waals surface area contributed by atoms with Crippen molar-refractivity contribution in [2.45, 2.75) is 25.3 Å². The molecule has 1 fully saturated rings. The van der Waals surface area contributed by atoms with Crippen LogP contribution in [0.4, 0.5) is 5.69 Å². The highest BCUT2D eigenvalue weighted by molar-refractivity contribution is 5.99. The highest BCUT2D eigenvalue weighted by atomic mass is 16.2. The number of hydrogen-bond acceptors (Lipinski definition) is 3. The highest BCUT2D eigenvalue weighted by Crippen LogP contribution is 2.16. The van der Waals surface area contributed by atoms with Gasteiger partial charge in [-0.2, -0.15) is 0 Å². The molecular weight excluding hydrogens is 282 g/mol. The van der Waals surface area contributed by atoms with Crippen LogP contribution in [0.5, 0.6) is 0 Å². The van der Waals surface area contributed by atoms with E-state index >= 15 is 0 Å². The van der Waals surface area contributed by atoms with Crippen LogP contribution >= 0.6 is 0 Å². The molecule has 116 valence electrons. The molecule has 2 rings (SSSR count). The molecule has 1 unspecified atom stereocenters. The van der Waals surface area contributed by atoms with Crippen LogP contribution in [0.25, 0.3) is 0 Å². The summed E-state index contributed by atoms with van der Waals surface area (Å²) in [6.45, 7) is 3.98. The first kappa shape index (κ1) is 15.8. The summed E-state index contributed by atoms with van der Waals surface area (Å²) < 4.78 is 0. The molecule has 1 atom stereocenters. The van der Waals surface area contributed by atoms with E-state index in [-0.39, 0.29) is 30.2 Å². The maximum atomic E-state index is 12.1. The summed E-state index contributed by atoms with van der Waals surface area (Å²) in [5.74, 6) is -0.535. The molecule has 0 bridgehead atoms. The highest BCUT2D eigenvalue weighted by Gasteiger charge is 2.21. The molecule has 22 heavy (non-hydrogen) atoms. The van der Waals surface area contributed by atoms with Gasteiger partial charge < -0.3 is 16.0 Å². The van der Waals surface area contributed by atoms with Crippen LogP contribution in [0.2, 0.25) is 0 Å². The molecule has 1 aromatic carbocycles. The summed E-state index contributed by atoms with van der Waals surface area (Å²) >= 11 is 0. The fraction of sp³-hybridized carbons (Fsp3) is 0.312. The van der Waals surface area contributed by atoms with Gasteiger partial charge in [0, 0.05) is 24.7 Å². The van der Waals surface area contributed by atoms with Crippen molar-refractivity contribution in [1.82, 2.24) is 10.6 Å². The minimum atomic E-state index is -0.322. The van der Waals surface area contributed by atoms with Gasteiger partial charge in [-0.1, -0.05) is 24.8 Å². The normalized spacial score (nSPS) is 17.3. The molecule has 3 N–H and O–H groups in total. The van der Waals surface area contributed by atoms with E-state index in [0.29, 0.717) is 18.7 Å². The lowest BCUT2D eigenvalue weighted by Crippen LogP contribution is -2.45. The Morgan fingerprint density at radius 2 is 2.14 bits per heavy atom. The molecule has 0 radical (unpaired) electrons. The van der Waals surface area contributed by atoms with E-state index in [1.54, 1.807) is 24.3 Å². The number of carbonyl (C=O) groups excluding carboxylic acids is 3. The van der Waals surface area contributed by atoms with Gasteiger partial charge in [0.2, 0.25) is 17.7 Å². The zero-order chi connectivity index (χ0) is 15.9. The number of rotatable bonds is 5. The average Bonchev–Trinajstić information content (AvgIpc) is 2.49. The Morgan fingerprint density at radius 1 is 1.36 bits per heavy atom. The van der Waals surface area contributed by atoms with Gasteiger partial charge in [0.1, 0.15) is 0 Å². The monoisotopic (exact) mass is 301 g/mol. The lowest BCUT2D eigenvalue weighted by molar-refractivity contribution is -0.124. The molecule has 1 aliphatic rings. The van der Waals surface area contributed by atoms with Crippen LogP contribution in [0.3, 0.4) is 0 Å². The molecule has 0 aliphatic carbocycles. The number of carbonyl (C=O) groups is 3. The number of hydrogen-bond donors (Lipinski definition) is 3. The summed E-state index contributed by atoms with van der Waals surface area (Å²) in [5, 5.41) is 8.26. The second kappa shape index (κ2) is 7.40. The zero-order valence-electron chi connectivity index (χ0n) is 12.2. The maximum Gasteiger partial charge on any atom is 0.247 e. The number of amides is 3. The predicted molar refractivity (Wildman–Crippen MR) is 83.1 cm³/mol. The number of piperidine rings is 1. The lowest BCUT2D eigenvalue weighted by atomic mass is 10.0. The SMILES string of the molecule is C=CC(=O)Nc1ccccc1CC(=O)NC1CCNC(=O)C1. The van der Waals surface area contributed by atoms with E-state index in [2.05, 4.69) is 22.5 Å². The summed E-state index contributed by atoms with van der Waals surface area (Å²) in [4.78, 5) is 34.8. The second-order valence-corrected chi connectivity index (χ2v) is 5.13. The van der Waals surface area contributed by atoms with E-state index < -0.39 is 0 Å². The fourth-order valence-corrected chi connectivity index (χ4v) is 2.34. The zero-order valence-corrected chi connectivity index (χ0v) is 12.2. The van der Waals surface area contributed by atoms with Crippen LogP contribution in [0.1, 0.15) is 18.4 Å². The molecule has 1 saturated heterocycles. The first-order valence-corrected chi connectivity index (χ1v) is 7.16. The number of nitrogens with one attached hydrogen (secondary N) is 3. The lowest BCUT2D eigenvalue weighted by Gasteiger charge is -2.23. The Kier molecular flexibility index (Phi) is 5.30. The van der Waals surface area contributed by atoms with Crippen molar-refractivity contribution >= 4 is 23.4 Å². The largest absolute Gasteiger partial charge is 0.356 e. The van der Waals surface area contributed by atoms with Gasteiger partial charge in [-0.15, -0.1) is 0 Å². The summed E-state index contributed by atoms with van der Waals surface area (Å²) in [5.41, 5.74) is 1.30. The number of para-hydroxylation sites is 1. The van der Waals surface area contributed by atoms with Gasteiger partial charge in [-0.3, -0.25) is 14.4 Å².